The van der Waals surface area contributed by atoms with Gasteiger partial charge >= 0.3 is 0 Å². The van der Waals surface area contributed by atoms with Crippen molar-refractivity contribution >= 4 is 0 Å². The van der Waals surface area contributed by atoms with Crippen LogP contribution in [-0.4, -0.2) is 18.2 Å². The molecule has 0 unspecified atom stereocenters. The van der Waals surface area contributed by atoms with Crippen molar-refractivity contribution in [1.82, 2.24) is 9.88 Å². The van der Waals surface area contributed by atoms with Crippen LogP contribution in [-0.2, 0) is 19.5 Å². The third-order valence-corrected chi connectivity index (χ3v) is 3.26. The number of aromatic nitrogens is 1. The molecule has 0 radical (unpaired) electrons. The number of rotatable bonds is 7. The zero-order valence-electron chi connectivity index (χ0n) is 11.7. The summed E-state index contributed by atoms with van der Waals surface area (Å²) in [4.78, 5) is 0. The van der Waals surface area contributed by atoms with Gasteiger partial charge in [0.1, 0.15) is 5.75 Å². The molecule has 0 atom stereocenters. The Labute approximate surface area is 115 Å². The van der Waals surface area contributed by atoms with Crippen molar-refractivity contribution in [3.63, 3.8) is 0 Å². The summed E-state index contributed by atoms with van der Waals surface area (Å²) in [6, 6.07) is 10.4. The quantitative estimate of drug-likeness (QED) is 0.773. The van der Waals surface area contributed by atoms with Gasteiger partial charge < -0.3 is 14.6 Å². The molecule has 0 aliphatic rings. The summed E-state index contributed by atoms with van der Waals surface area (Å²) in [5.41, 5.74) is 2.68. The average molecular weight is 258 g/mol. The number of nitrogens with zero attached hydrogens (tertiary/aromatic N) is 1. The molecular formula is C16H22N2O. The minimum atomic E-state index is 0.914. The van der Waals surface area contributed by atoms with Crippen LogP contribution in [0.2, 0.25) is 0 Å². The molecule has 2 aromatic rings. The molecule has 102 valence electrons. The van der Waals surface area contributed by atoms with E-state index >= 15 is 0 Å². The van der Waals surface area contributed by atoms with E-state index in [0.29, 0.717) is 0 Å². The van der Waals surface area contributed by atoms with E-state index in [9.17, 15) is 0 Å². The van der Waals surface area contributed by atoms with E-state index in [0.717, 1.165) is 31.8 Å². The van der Waals surface area contributed by atoms with Crippen molar-refractivity contribution in [2.24, 2.45) is 0 Å². The predicted octanol–water partition coefficient (Wildman–Crippen LogP) is 2.85. The molecule has 1 N–H and O–H groups in total. The summed E-state index contributed by atoms with van der Waals surface area (Å²) < 4.78 is 7.34. The van der Waals surface area contributed by atoms with Gasteiger partial charge in [-0.05, 0) is 49.2 Å². The molecule has 1 aromatic carbocycles. The first kappa shape index (κ1) is 13.7. The Morgan fingerprint density at radius 1 is 1.11 bits per heavy atom. The molecule has 0 aliphatic carbocycles. The summed E-state index contributed by atoms with van der Waals surface area (Å²) >= 11 is 0. The molecule has 0 saturated heterocycles. The monoisotopic (exact) mass is 258 g/mol. The lowest BCUT2D eigenvalue weighted by molar-refractivity contribution is 0.414. The van der Waals surface area contributed by atoms with E-state index in [2.05, 4.69) is 47.4 Å². The standard InChI is InChI=1S/C16H22N2O/c1-3-18-11-9-15(13-18)12-17-10-8-14-4-6-16(19-2)7-5-14/h4-7,9,11,13,17H,3,8,10,12H2,1-2H3. The van der Waals surface area contributed by atoms with Gasteiger partial charge in [-0.15, -0.1) is 0 Å². The zero-order valence-corrected chi connectivity index (χ0v) is 11.7. The number of hydrogen-bond acceptors (Lipinski definition) is 2. The number of ether oxygens (including phenoxy) is 1. The number of methoxy groups -OCH3 is 1. The second-order valence-corrected chi connectivity index (χ2v) is 4.63. The highest BCUT2D eigenvalue weighted by molar-refractivity contribution is 5.27. The summed E-state index contributed by atoms with van der Waals surface area (Å²) in [6.45, 7) is 5.11. The van der Waals surface area contributed by atoms with Gasteiger partial charge in [0, 0.05) is 25.5 Å². The molecule has 3 heteroatoms. The SMILES string of the molecule is CCn1ccc(CNCCc2ccc(OC)cc2)c1. The molecule has 19 heavy (non-hydrogen) atoms. The Balaban J connectivity index is 1.71. The van der Waals surface area contributed by atoms with Crippen LogP contribution in [0.25, 0.3) is 0 Å². The average Bonchev–Trinajstić information content (AvgIpc) is 2.92. The molecule has 0 aliphatic heterocycles. The van der Waals surface area contributed by atoms with Crippen LogP contribution in [0.1, 0.15) is 18.1 Å². The largest absolute Gasteiger partial charge is 0.497 e. The van der Waals surface area contributed by atoms with Crippen molar-refractivity contribution in [2.45, 2.75) is 26.4 Å². The maximum Gasteiger partial charge on any atom is 0.118 e. The maximum absolute atomic E-state index is 5.15. The van der Waals surface area contributed by atoms with Crippen LogP contribution in [0.15, 0.2) is 42.7 Å². The molecule has 1 heterocycles. The molecule has 0 fully saturated rings. The van der Waals surface area contributed by atoms with Gasteiger partial charge in [0.2, 0.25) is 0 Å². The fourth-order valence-electron chi connectivity index (χ4n) is 2.05. The van der Waals surface area contributed by atoms with E-state index < -0.39 is 0 Å². The minimum absolute atomic E-state index is 0.914. The second kappa shape index (κ2) is 7.00. The lowest BCUT2D eigenvalue weighted by atomic mass is 10.1. The Bertz CT molecular complexity index is 488. The maximum atomic E-state index is 5.15. The van der Waals surface area contributed by atoms with Gasteiger partial charge in [-0.2, -0.15) is 0 Å². The minimum Gasteiger partial charge on any atom is -0.497 e. The highest BCUT2D eigenvalue weighted by Gasteiger charge is 1.97. The van der Waals surface area contributed by atoms with Gasteiger partial charge in [-0.3, -0.25) is 0 Å². The smallest absolute Gasteiger partial charge is 0.118 e. The first-order valence-corrected chi connectivity index (χ1v) is 6.80. The Morgan fingerprint density at radius 3 is 2.53 bits per heavy atom. The van der Waals surface area contributed by atoms with E-state index in [1.54, 1.807) is 7.11 Å². The van der Waals surface area contributed by atoms with Gasteiger partial charge in [0.25, 0.3) is 0 Å². The van der Waals surface area contributed by atoms with E-state index in [-0.39, 0.29) is 0 Å². The molecule has 1 aromatic heterocycles. The van der Waals surface area contributed by atoms with Crippen LogP contribution >= 0.6 is 0 Å². The first-order valence-electron chi connectivity index (χ1n) is 6.80. The van der Waals surface area contributed by atoms with Crippen LogP contribution < -0.4 is 10.1 Å². The molecule has 2 rings (SSSR count). The number of aryl methyl sites for hydroxylation is 1. The molecular weight excluding hydrogens is 236 g/mol. The highest BCUT2D eigenvalue weighted by atomic mass is 16.5. The summed E-state index contributed by atoms with van der Waals surface area (Å²) in [6.07, 6.45) is 5.36. The Hall–Kier alpha value is -1.74. The van der Waals surface area contributed by atoms with Gasteiger partial charge in [0.15, 0.2) is 0 Å². The summed E-state index contributed by atoms with van der Waals surface area (Å²) in [7, 11) is 1.69. The van der Waals surface area contributed by atoms with Crippen LogP contribution in [0.5, 0.6) is 5.75 Å². The number of hydrogen-bond donors (Lipinski definition) is 1. The van der Waals surface area contributed by atoms with Gasteiger partial charge in [-0.1, -0.05) is 12.1 Å². The normalized spacial score (nSPS) is 10.6. The second-order valence-electron chi connectivity index (χ2n) is 4.63. The van der Waals surface area contributed by atoms with Gasteiger partial charge in [-0.25, -0.2) is 0 Å². The van der Waals surface area contributed by atoms with Crippen molar-refractivity contribution in [2.75, 3.05) is 13.7 Å². The van der Waals surface area contributed by atoms with Crippen LogP contribution in [0.4, 0.5) is 0 Å². The van der Waals surface area contributed by atoms with E-state index in [1.165, 1.54) is 11.1 Å². The Morgan fingerprint density at radius 2 is 1.89 bits per heavy atom. The zero-order chi connectivity index (χ0) is 13.5. The van der Waals surface area contributed by atoms with Crippen LogP contribution in [0.3, 0.4) is 0 Å². The summed E-state index contributed by atoms with van der Waals surface area (Å²) in [5, 5.41) is 3.47. The van der Waals surface area contributed by atoms with Gasteiger partial charge in [0.05, 0.1) is 7.11 Å². The molecule has 0 saturated carbocycles. The summed E-state index contributed by atoms with van der Waals surface area (Å²) in [5.74, 6) is 0.914. The van der Waals surface area contributed by atoms with Crippen molar-refractivity contribution < 1.29 is 4.74 Å². The van der Waals surface area contributed by atoms with E-state index in [4.69, 9.17) is 4.74 Å². The van der Waals surface area contributed by atoms with Crippen molar-refractivity contribution in [3.8, 4) is 5.75 Å². The molecule has 0 amide bonds. The van der Waals surface area contributed by atoms with Crippen LogP contribution in [0, 0.1) is 0 Å². The lowest BCUT2D eigenvalue weighted by Crippen LogP contribution is -2.16. The number of benzene rings is 1. The third-order valence-electron chi connectivity index (χ3n) is 3.26. The first-order chi connectivity index (χ1) is 9.31. The van der Waals surface area contributed by atoms with Crippen molar-refractivity contribution in [1.29, 1.82) is 0 Å². The fraction of sp³-hybridized carbons (Fsp3) is 0.375. The highest BCUT2D eigenvalue weighted by Crippen LogP contribution is 2.11. The number of nitrogens with one attached hydrogen (secondary N) is 1. The predicted molar refractivity (Wildman–Crippen MR) is 78.5 cm³/mol. The third kappa shape index (κ3) is 4.14. The lowest BCUT2D eigenvalue weighted by Gasteiger charge is -2.05. The van der Waals surface area contributed by atoms with E-state index in [1.807, 2.05) is 12.1 Å². The fourth-order valence-corrected chi connectivity index (χ4v) is 2.05. The molecule has 0 bridgehead atoms. The van der Waals surface area contributed by atoms with Crippen molar-refractivity contribution in [3.05, 3.63) is 53.9 Å². The Kier molecular flexibility index (Phi) is 5.04. The topological polar surface area (TPSA) is 26.2 Å². The molecule has 3 nitrogen and oxygen atoms in total. The molecule has 0 spiro atoms.